The van der Waals surface area contributed by atoms with Crippen molar-refractivity contribution < 1.29 is 4.74 Å². The number of rotatable bonds is 2. The number of fused-ring (bicyclic) bond motifs is 3. The van der Waals surface area contributed by atoms with E-state index in [0.29, 0.717) is 0 Å². The molecular formula is C15H17NO. The molecule has 0 saturated heterocycles. The second-order valence-corrected chi connectivity index (χ2v) is 4.47. The predicted molar refractivity (Wildman–Crippen MR) is 71.9 cm³/mol. The van der Waals surface area contributed by atoms with Crippen LogP contribution in [0.5, 0.6) is 5.75 Å². The van der Waals surface area contributed by atoms with E-state index in [2.05, 4.69) is 48.2 Å². The van der Waals surface area contributed by atoms with E-state index >= 15 is 0 Å². The molecule has 0 spiro atoms. The van der Waals surface area contributed by atoms with Crippen LogP contribution < -0.4 is 9.64 Å². The van der Waals surface area contributed by atoms with E-state index in [-0.39, 0.29) is 0 Å². The lowest BCUT2D eigenvalue weighted by Gasteiger charge is -2.31. The molecule has 3 rings (SSSR count). The molecule has 1 heterocycles. The van der Waals surface area contributed by atoms with Crippen LogP contribution in [0.3, 0.4) is 0 Å². The van der Waals surface area contributed by atoms with Gasteiger partial charge in [0.25, 0.3) is 0 Å². The van der Waals surface area contributed by atoms with Crippen LogP contribution >= 0.6 is 0 Å². The van der Waals surface area contributed by atoms with Crippen molar-refractivity contribution in [2.45, 2.75) is 13.3 Å². The number of benzene rings is 2. The van der Waals surface area contributed by atoms with Crippen LogP contribution in [-0.2, 0) is 0 Å². The van der Waals surface area contributed by atoms with Crippen LogP contribution in [0.4, 0.5) is 5.69 Å². The summed E-state index contributed by atoms with van der Waals surface area (Å²) in [5, 5.41) is 2.48. The lowest BCUT2D eigenvalue weighted by atomic mass is 10.1. The maximum absolute atomic E-state index is 5.87. The Kier molecular flexibility index (Phi) is 2.63. The molecule has 0 radical (unpaired) electrons. The van der Waals surface area contributed by atoms with Crippen molar-refractivity contribution in [2.75, 3.05) is 24.6 Å². The summed E-state index contributed by atoms with van der Waals surface area (Å²) in [6.07, 6.45) is 1.17. The summed E-state index contributed by atoms with van der Waals surface area (Å²) in [4.78, 5) is 2.42. The van der Waals surface area contributed by atoms with Crippen LogP contribution in [-0.4, -0.2) is 19.7 Å². The minimum atomic E-state index is 0.793. The summed E-state index contributed by atoms with van der Waals surface area (Å²) in [7, 11) is 0. The van der Waals surface area contributed by atoms with Crippen molar-refractivity contribution in [3.05, 3.63) is 36.4 Å². The number of anilines is 1. The van der Waals surface area contributed by atoms with Crippen molar-refractivity contribution >= 4 is 16.5 Å². The zero-order valence-corrected chi connectivity index (χ0v) is 10.1. The normalized spacial score (nSPS) is 14.5. The molecule has 0 amide bonds. The minimum Gasteiger partial charge on any atom is -0.489 e. The van der Waals surface area contributed by atoms with E-state index in [0.717, 1.165) is 25.4 Å². The molecule has 2 aromatic rings. The maximum atomic E-state index is 5.87. The van der Waals surface area contributed by atoms with E-state index in [9.17, 15) is 0 Å². The van der Waals surface area contributed by atoms with Gasteiger partial charge in [-0.05, 0) is 17.9 Å². The quantitative estimate of drug-likeness (QED) is 0.779. The smallest absolute Gasteiger partial charge is 0.150 e. The monoisotopic (exact) mass is 227 g/mol. The highest BCUT2D eigenvalue weighted by atomic mass is 16.5. The van der Waals surface area contributed by atoms with E-state index in [1.54, 1.807) is 0 Å². The Hall–Kier alpha value is -1.70. The zero-order chi connectivity index (χ0) is 11.7. The second-order valence-electron chi connectivity index (χ2n) is 4.47. The van der Waals surface area contributed by atoms with Gasteiger partial charge in [0, 0.05) is 11.9 Å². The third-order valence-electron chi connectivity index (χ3n) is 3.30. The first-order valence-electron chi connectivity index (χ1n) is 6.29. The molecule has 0 unspecified atom stereocenters. The molecule has 0 fully saturated rings. The molecule has 1 aliphatic heterocycles. The molecular weight excluding hydrogens is 210 g/mol. The van der Waals surface area contributed by atoms with Gasteiger partial charge in [-0.25, -0.2) is 0 Å². The average Bonchev–Trinajstić information content (AvgIpc) is 2.39. The number of ether oxygens (including phenoxy) is 1. The van der Waals surface area contributed by atoms with Crippen LogP contribution in [0.15, 0.2) is 36.4 Å². The van der Waals surface area contributed by atoms with Crippen LogP contribution in [0, 0.1) is 0 Å². The number of hydrogen-bond donors (Lipinski definition) is 0. The molecule has 0 N–H and O–H groups in total. The first kappa shape index (κ1) is 10.5. The van der Waals surface area contributed by atoms with Gasteiger partial charge in [-0.3, -0.25) is 0 Å². The second kappa shape index (κ2) is 4.28. The molecule has 0 bridgehead atoms. The van der Waals surface area contributed by atoms with Crippen LogP contribution in [0.25, 0.3) is 10.8 Å². The predicted octanol–water partition coefficient (Wildman–Crippen LogP) is 3.45. The summed E-state index contributed by atoms with van der Waals surface area (Å²) >= 11 is 0. The molecule has 17 heavy (non-hydrogen) atoms. The highest BCUT2D eigenvalue weighted by Crippen LogP contribution is 2.38. The van der Waals surface area contributed by atoms with Crippen molar-refractivity contribution in [3.8, 4) is 5.75 Å². The third kappa shape index (κ3) is 1.74. The summed E-state index contributed by atoms with van der Waals surface area (Å²) in [6, 6.07) is 12.8. The van der Waals surface area contributed by atoms with Crippen LogP contribution in [0.1, 0.15) is 13.3 Å². The van der Waals surface area contributed by atoms with Gasteiger partial charge in [0.05, 0.1) is 12.2 Å². The van der Waals surface area contributed by atoms with Crippen molar-refractivity contribution in [2.24, 2.45) is 0 Å². The van der Waals surface area contributed by atoms with Gasteiger partial charge < -0.3 is 9.64 Å². The largest absolute Gasteiger partial charge is 0.489 e. The Labute approximate surface area is 102 Å². The molecule has 2 nitrogen and oxygen atoms in total. The standard InChI is InChI=1S/C15H17NO/c1-2-9-16-10-11-17-15-13-6-4-3-5-12(13)7-8-14(15)16/h3-8H,2,9-11H2,1H3. The SMILES string of the molecule is CCCN1CCOc2c1ccc1ccccc21. The Morgan fingerprint density at radius 1 is 1.18 bits per heavy atom. The lowest BCUT2D eigenvalue weighted by Crippen LogP contribution is -2.33. The van der Waals surface area contributed by atoms with E-state index < -0.39 is 0 Å². The van der Waals surface area contributed by atoms with Gasteiger partial charge in [-0.1, -0.05) is 37.3 Å². The van der Waals surface area contributed by atoms with Gasteiger partial charge in [0.2, 0.25) is 0 Å². The zero-order valence-electron chi connectivity index (χ0n) is 10.1. The molecule has 2 aromatic carbocycles. The Bertz CT molecular complexity index is 535. The number of nitrogens with zero attached hydrogens (tertiary/aromatic N) is 1. The van der Waals surface area contributed by atoms with E-state index in [1.807, 2.05) is 0 Å². The Balaban J connectivity index is 2.16. The molecule has 0 aliphatic carbocycles. The van der Waals surface area contributed by atoms with Gasteiger partial charge in [-0.15, -0.1) is 0 Å². The Morgan fingerprint density at radius 2 is 2.06 bits per heavy atom. The highest BCUT2D eigenvalue weighted by Gasteiger charge is 2.19. The summed E-state index contributed by atoms with van der Waals surface area (Å²) < 4.78 is 5.87. The molecule has 0 atom stereocenters. The van der Waals surface area contributed by atoms with Gasteiger partial charge in [0.15, 0.2) is 0 Å². The van der Waals surface area contributed by atoms with E-state index in [4.69, 9.17) is 4.74 Å². The van der Waals surface area contributed by atoms with Crippen LogP contribution in [0.2, 0.25) is 0 Å². The molecule has 88 valence electrons. The molecule has 0 saturated carbocycles. The first-order chi connectivity index (χ1) is 8.40. The average molecular weight is 227 g/mol. The number of hydrogen-bond acceptors (Lipinski definition) is 2. The van der Waals surface area contributed by atoms with Gasteiger partial charge in [0.1, 0.15) is 12.4 Å². The summed E-state index contributed by atoms with van der Waals surface area (Å²) in [5.41, 5.74) is 1.25. The Morgan fingerprint density at radius 3 is 2.94 bits per heavy atom. The fourth-order valence-corrected chi connectivity index (χ4v) is 2.51. The highest BCUT2D eigenvalue weighted by molar-refractivity contribution is 5.94. The van der Waals surface area contributed by atoms with E-state index in [1.165, 1.54) is 22.9 Å². The van der Waals surface area contributed by atoms with Crippen molar-refractivity contribution in [1.29, 1.82) is 0 Å². The van der Waals surface area contributed by atoms with Crippen molar-refractivity contribution in [3.63, 3.8) is 0 Å². The molecule has 1 aliphatic rings. The molecule has 0 aromatic heterocycles. The third-order valence-corrected chi connectivity index (χ3v) is 3.30. The summed E-state index contributed by atoms with van der Waals surface area (Å²) in [6.45, 7) is 5.12. The maximum Gasteiger partial charge on any atom is 0.150 e. The fraction of sp³-hybridized carbons (Fsp3) is 0.333. The molecule has 2 heteroatoms. The first-order valence-corrected chi connectivity index (χ1v) is 6.29. The lowest BCUT2D eigenvalue weighted by molar-refractivity contribution is 0.311. The fourth-order valence-electron chi connectivity index (χ4n) is 2.51. The van der Waals surface area contributed by atoms with Gasteiger partial charge >= 0.3 is 0 Å². The van der Waals surface area contributed by atoms with Crippen molar-refractivity contribution in [1.82, 2.24) is 0 Å². The summed E-state index contributed by atoms with van der Waals surface area (Å²) in [5.74, 6) is 1.06. The minimum absolute atomic E-state index is 0.793. The van der Waals surface area contributed by atoms with Gasteiger partial charge in [-0.2, -0.15) is 0 Å². The topological polar surface area (TPSA) is 12.5 Å².